The smallest absolute Gasteiger partial charge is 0.264 e. The number of carbonyl (C=O) groups excluding carboxylic acids is 5. The largest absolute Gasteiger partial charge is 0.492 e. The number of aryl methyl sites for hydroxylation is 1. The summed E-state index contributed by atoms with van der Waals surface area (Å²) in [5.41, 5.74) is 6.29. The third kappa shape index (κ3) is 7.72. The number of alkyl halides is 2. The Morgan fingerprint density at radius 2 is 1.76 bits per heavy atom. The maximum absolute atomic E-state index is 15.4. The molecule has 0 saturated carbocycles. The first-order valence-electron chi connectivity index (χ1n) is 23.3. The molecule has 1 atom stereocenters. The second-order valence-corrected chi connectivity index (χ2v) is 18.6. The Morgan fingerprint density at radius 3 is 2.55 bits per heavy atom. The third-order valence-corrected chi connectivity index (χ3v) is 14.5. The fourth-order valence-electron chi connectivity index (χ4n) is 11.0. The molecule has 3 saturated heterocycles. The van der Waals surface area contributed by atoms with E-state index in [1.165, 1.54) is 12.1 Å². The van der Waals surface area contributed by atoms with Crippen molar-refractivity contribution in [2.45, 2.75) is 83.5 Å². The van der Waals surface area contributed by atoms with E-state index in [4.69, 9.17) is 14.6 Å². The average molecular weight is 916 g/mol. The van der Waals surface area contributed by atoms with E-state index in [1.54, 1.807) is 31.5 Å². The van der Waals surface area contributed by atoms with Crippen LogP contribution in [-0.4, -0.2) is 122 Å². The molecule has 16 nitrogen and oxygen atoms in total. The normalized spacial score (nSPS) is 20.4. The zero-order chi connectivity index (χ0) is 46.1. The number of hydrogen-bond acceptors (Lipinski definition) is 11. The molecule has 3 aromatic heterocycles. The molecule has 0 bridgehead atoms. The van der Waals surface area contributed by atoms with E-state index in [9.17, 15) is 24.0 Å². The molecule has 5 amide bonds. The number of amides is 5. The van der Waals surface area contributed by atoms with E-state index >= 15 is 8.78 Å². The number of rotatable bonds is 11. The SMILES string of the molecule is CC(=O)N1CCc2c(c(N3CCCc4cc(-c5cn(CC6CN(CCOc7ccc8c(c7)C(=O)N(C7CCC(=O)NC7=O)C8=O)C6)c6ccncc56)c(C(F)F)cc43)nn2C2CCOCC2)C1. The summed E-state index contributed by atoms with van der Waals surface area (Å²) in [6, 6.07) is 9.40. The molecule has 67 heavy (non-hydrogen) atoms. The van der Waals surface area contributed by atoms with Crippen molar-refractivity contribution in [2.24, 2.45) is 5.92 Å². The number of ether oxygens (including phenoxy) is 2. The van der Waals surface area contributed by atoms with E-state index in [0.29, 0.717) is 76.2 Å². The molecule has 18 heteroatoms. The molecule has 0 aliphatic carbocycles. The van der Waals surface area contributed by atoms with Crippen LogP contribution in [0.2, 0.25) is 0 Å². The van der Waals surface area contributed by atoms with Crippen molar-refractivity contribution in [3.63, 3.8) is 0 Å². The highest BCUT2D eigenvalue weighted by molar-refractivity contribution is 6.23. The molecule has 11 rings (SSSR count). The van der Waals surface area contributed by atoms with Crippen LogP contribution in [0.15, 0.2) is 55.0 Å². The van der Waals surface area contributed by atoms with E-state index in [1.807, 2.05) is 23.2 Å². The van der Waals surface area contributed by atoms with Gasteiger partial charge in [0.25, 0.3) is 18.2 Å². The van der Waals surface area contributed by atoms with Gasteiger partial charge in [-0.25, -0.2) is 8.78 Å². The molecule has 6 aliphatic heterocycles. The predicted molar refractivity (Wildman–Crippen MR) is 240 cm³/mol. The number of piperidine rings is 1. The predicted octanol–water partition coefficient (Wildman–Crippen LogP) is 5.59. The van der Waals surface area contributed by atoms with E-state index < -0.39 is 36.1 Å². The molecule has 2 aromatic carbocycles. The Labute approximate surface area is 384 Å². The Bertz CT molecular complexity index is 2850. The van der Waals surface area contributed by atoms with Crippen LogP contribution in [0, 0.1) is 5.92 Å². The summed E-state index contributed by atoms with van der Waals surface area (Å²) < 4.78 is 46.8. The molecule has 1 N–H and O–H groups in total. The standard InChI is InChI=1S/C49H51F2N9O7/c1-28(61)56-14-9-41-39(27-56)46(54-60(41)31-10-16-66-17-11-31)58-13-2-3-30-19-34(35(45(50)51)21-43(30)58)38-26-57(40-8-12-52-22-37(38)40)25-29-23-55(24-29)15-18-67-32-4-5-33-36(20-32)49(65)59(48(33)64)42-6-7-44(62)53-47(42)63/h4-5,8,12,19-22,26,29,31,42,45H,2-3,6-7,9-11,13-18,23-25,27H2,1H3,(H,53,62,63). The van der Waals surface area contributed by atoms with E-state index in [-0.39, 0.29) is 41.5 Å². The number of hydrogen-bond donors (Lipinski definition) is 1. The second kappa shape index (κ2) is 17.3. The fraction of sp³-hybridized carbons (Fsp3) is 0.449. The third-order valence-electron chi connectivity index (χ3n) is 14.5. The van der Waals surface area contributed by atoms with Crippen LogP contribution in [0.1, 0.15) is 94.6 Å². The molecule has 0 spiro atoms. The minimum absolute atomic E-state index is 0.00456. The molecule has 1 unspecified atom stereocenters. The van der Waals surface area contributed by atoms with Gasteiger partial charge in [0.05, 0.1) is 29.2 Å². The van der Waals surface area contributed by atoms with E-state index in [2.05, 4.69) is 29.3 Å². The van der Waals surface area contributed by atoms with Crippen LogP contribution < -0.4 is 15.0 Å². The number of imide groups is 2. The number of halogens is 2. The minimum Gasteiger partial charge on any atom is -0.492 e. The highest BCUT2D eigenvalue weighted by atomic mass is 19.3. The molecule has 3 fully saturated rings. The lowest BCUT2D eigenvalue weighted by atomic mass is 9.91. The van der Waals surface area contributed by atoms with Gasteiger partial charge < -0.3 is 23.8 Å². The van der Waals surface area contributed by atoms with Crippen LogP contribution >= 0.6 is 0 Å². The number of fused-ring (bicyclic) bond motifs is 4. The van der Waals surface area contributed by atoms with Gasteiger partial charge in [-0.15, -0.1) is 0 Å². The van der Waals surface area contributed by atoms with Crippen LogP contribution in [0.4, 0.5) is 20.3 Å². The molecule has 0 radical (unpaired) electrons. The van der Waals surface area contributed by atoms with Gasteiger partial charge in [-0.05, 0) is 79.6 Å². The van der Waals surface area contributed by atoms with Gasteiger partial charge in [-0.1, -0.05) is 0 Å². The van der Waals surface area contributed by atoms with Crippen molar-refractivity contribution in [1.29, 1.82) is 0 Å². The maximum atomic E-state index is 15.4. The van der Waals surface area contributed by atoms with Crippen molar-refractivity contribution in [3.8, 4) is 16.9 Å². The lowest BCUT2D eigenvalue weighted by Crippen LogP contribution is -2.54. The number of nitrogens with zero attached hydrogens (tertiary/aromatic N) is 8. The second-order valence-electron chi connectivity index (χ2n) is 18.6. The summed E-state index contributed by atoms with van der Waals surface area (Å²) in [7, 11) is 0. The highest BCUT2D eigenvalue weighted by Gasteiger charge is 2.45. The first-order valence-corrected chi connectivity index (χ1v) is 23.3. The Morgan fingerprint density at radius 1 is 0.940 bits per heavy atom. The summed E-state index contributed by atoms with van der Waals surface area (Å²) in [6.45, 7) is 7.85. The topological polar surface area (TPSA) is 164 Å². The quantitative estimate of drug-likeness (QED) is 0.164. The average Bonchev–Trinajstić information content (AvgIpc) is 3.96. The Hall–Kier alpha value is -6.53. The van der Waals surface area contributed by atoms with Gasteiger partial charge in [0.1, 0.15) is 18.4 Å². The number of likely N-dealkylation sites (tertiary alicyclic amines) is 1. The summed E-state index contributed by atoms with van der Waals surface area (Å²) in [5, 5.41) is 8.26. The number of anilines is 2. The first-order chi connectivity index (χ1) is 32.5. The van der Waals surface area contributed by atoms with Gasteiger partial charge in [0.2, 0.25) is 17.7 Å². The maximum Gasteiger partial charge on any atom is 0.264 e. The van der Waals surface area contributed by atoms with Gasteiger partial charge >= 0.3 is 0 Å². The van der Waals surface area contributed by atoms with Crippen molar-refractivity contribution in [3.05, 3.63) is 88.5 Å². The number of benzene rings is 2. The first kappa shape index (κ1) is 43.1. The van der Waals surface area contributed by atoms with Crippen molar-refractivity contribution < 1.29 is 42.2 Å². The van der Waals surface area contributed by atoms with Gasteiger partial charge in [-0.3, -0.25) is 48.8 Å². The van der Waals surface area contributed by atoms with Crippen LogP contribution in [-0.2, 0) is 45.1 Å². The molecule has 5 aromatic rings. The van der Waals surface area contributed by atoms with E-state index in [0.717, 1.165) is 88.5 Å². The summed E-state index contributed by atoms with van der Waals surface area (Å²) in [4.78, 5) is 74.6. The molecular weight excluding hydrogens is 865 g/mol. The van der Waals surface area contributed by atoms with Crippen LogP contribution in [0.5, 0.6) is 5.75 Å². The Kier molecular flexibility index (Phi) is 11.1. The van der Waals surface area contributed by atoms with Gasteiger partial charge in [0, 0.05) is 130 Å². The van der Waals surface area contributed by atoms with Crippen LogP contribution in [0.25, 0.3) is 22.0 Å². The number of carbonyl (C=O) groups is 5. The lowest BCUT2D eigenvalue weighted by Gasteiger charge is -2.39. The molecule has 348 valence electrons. The van der Waals surface area contributed by atoms with Crippen molar-refractivity contribution in [1.82, 2.24) is 39.3 Å². The number of pyridine rings is 1. The van der Waals surface area contributed by atoms with Gasteiger partial charge in [-0.2, -0.15) is 5.10 Å². The zero-order valence-corrected chi connectivity index (χ0v) is 37.2. The Balaban J connectivity index is 0.788. The van der Waals surface area contributed by atoms with Crippen molar-refractivity contribution >= 4 is 51.9 Å². The van der Waals surface area contributed by atoms with Gasteiger partial charge in [0.15, 0.2) is 5.82 Å². The monoisotopic (exact) mass is 915 g/mol. The molecule has 6 aliphatic rings. The zero-order valence-electron chi connectivity index (χ0n) is 37.2. The number of nitrogens with one attached hydrogen (secondary N) is 1. The summed E-state index contributed by atoms with van der Waals surface area (Å²) >= 11 is 0. The van der Waals surface area contributed by atoms with Crippen molar-refractivity contribution in [2.75, 3.05) is 57.4 Å². The lowest BCUT2D eigenvalue weighted by molar-refractivity contribution is -0.136. The molecular formula is C49H51F2N9O7. The van der Waals surface area contributed by atoms with Crippen LogP contribution in [0.3, 0.4) is 0 Å². The fourth-order valence-corrected chi connectivity index (χ4v) is 11.0. The molecule has 9 heterocycles. The minimum atomic E-state index is -2.74. The number of aromatic nitrogens is 4. The summed E-state index contributed by atoms with van der Waals surface area (Å²) in [5.74, 6) is -0.747. The summed E-state index contributed by atoms with van der Waals surface area (Å²) in [6.07, 6.45) is 6.82. The highest BCUT2D eigenvalue weighted by Crippen LogP contribution is 2.45.